The van der Waals surface area contributed by atoms with E-state index in [2.05, 4.69) is 5.32 Å². The average Bonchev–Trinajstić information content (AvgIpc) is 2.39. The highest BCUT2D eigenvalue weighted by Crippen LogP contribution is 2.29. The second-order valence-corrected chi connectivity index (χ2v) is 5.59. The van der Waals surface area contributed by atoms with Gasteiger partial charge in [-0.1, -0.05) is 0 Å². The number of nitro benzene ring substituents is 1. The number of hydrogen-bond donors (Lipinski definition) is 1. The second kappa shape index (κ2) is 5.71. The number of rotatable bonds is 3. The smallest absolute Gasteiger partial charge is 0.350 e. The highest BCUT2D eigenvalue weighted by atomic mass is 16.7. The van der Waals surface area contributed by atoms with E-state index in [0.717, 1.165) is 17.3 Å². The van der Waals surface area contributed by atoms with Crippen molar-refractivity contribution in [3.05, 3.63) is 45.1 Å². The van der Waals surface area contributed by atoms with Crippen LogP contribution in [0.3, 0.4) is 0 Å². The highest BCUT2D eigenvalue weighted by molar-refractivity contribution is 6.15. The Kier molecular flexibility index (Phi) is 4.09. The van der Waals surface area contributed by atoms with Gasteiger partial charge in [0.15, 0.2) is 5.57 Å². The predicted octanol–water partition coefficient (Wildman–Crippen LogP) is 2.34. The maximum Gasteiger partial charge on any atom is 0.350 e. The maximum absolute atomic E-state index is 11.8. The van der Waals surface area contributed by atoms with Gasteiger partial charge in [-0.05, 0) is 31.0 Å². The molecule has 0 saturated carbocycles. The lowest BCUT2D eigenvalue weighted by molar-refractivity contribution is -0.384. The van der Waals surface area contributed by atoms with Gasteiger partial charge in [-0.3, -0.25) is 10.1 Å². The number of cyclic esters (lactones) is 2. The third kappa shape index (κ3) is 3.47. The molecular formula is C15H16N2O6. The summed E-state index contributed by atoms with van der Waals surface area (Å²) in [4.78, 5) is 34.2. The Hall–Kier alpha value is -2.90. The molecule has 0 unspecified atom stereocenters. The molecule has 0 amide bonds. The lowest BCUT2D eigenvalue weighted by Gasteiger charge is -2.29. The van der Waals surface area contributed by atoms with Gasteiger partial charge in [0.05, 0.1) is 4.92 Å². The number of nitrogens with one attached hydrogen (secondary N) is 1. The molecule has 122 valence electrons. The lowest BCUT2D eigenvalue weighted by atomic mass is 10.1. The van der Waals surface area contributed by atoms with E-state index in [4.69, 9.17) is 9.47 Å². The van der Waals surface area contributed by atoms with Crippen LogP contribution in [0.4, 0.5) is 11.4 Å². The van der Waals surface area contributed by atoms with Crippen molar-refractivity contribution >= 4 is 23.3 Å². The largest absolute Gasteiger partial charge is 0.419 e. The molecule has 1 aromatic rings. The van der Waals surface area contributed by atoms with E-state index in [1.807, 2.05) is 0 Å². The SMILES string of the molecule is Cc1cc(NC=C2C(=O)OC(C)(C)OC2=O)c([N+](=O)[O-])cc1C. The summed E-state index contributed by atoms with van der Waals surface area (Å²) in [6.07, 6.45) is 1.05. The van der Waals surface area contributed by atoms with Gasteiger partial charge in [0.2, 0.25) is 0 Å². The highest BCUT2D eigenvalue weighted by Gasteiger charge is 2.39. The summed E-state index contributed by atoms with van der Waals surface area (Å²) in [6, 6.07) is 2.98. The van der Waals surface area contributed by atoms with Crippen molar-refractivity contribution in [1.29, 1.82) is 0 Å². The van der Waals surface area contributed by atoms with E-state index in [9.17, 15) is 19.7 Å². The lowest BCUT2D eigenvalue weighted by Crippen LogP contribution is -2.42. The summed E-state index contributed by atoms with van der Waals surface area (Å²) in [6.45, 7) is 6.41. The van der Waals surface area contributed by atoms with Crippen molar-refractivity contribution < 1.29 is 24.0 Å². The Balaban J connectivity index is 2.33. The molecule has 1 heterocycles. The molecule has 0 atom stereocenters. The molecule has 1 fully saturated rings. The molecule has 0 spiro atoms. The quantitative estimate of drug-likeness (QED) is 0.299. The van der Waals surface area contributed by atoms with Crippen molar-refractivity contribution in [3.63, 3.8) is 0 Å². The van der Waals surface area contributed by atoms with Crippen LogP contribution in [0.25, 0.3) is 0 Å². The Labute approximate surface area is 132 Å². The molecule has 1 aromatic carbocycles. The number of carbonyl (C=O) groups excluding carboxylic acids is 2. The molecule has 2 rings (SSSR count). The average molecular weight is 320 g/mol. The van der Waals surface area contributed by atoms with E-state index in [-0.39, 0.29) is 16.9 Å². The standard InChI is InChI=1S/C15H16N2O6/c1-8-5-11(12(17(20)21)6-9(8)2)16-7-10-13(18)22-15(3,4)23-14(10)19/h5-7,16H,1-4H3. The molecule has 8 heteroatoms. The zero-order valence-electron chi connectivity index (χ0n) is 13.1. The maximum atomic E-state index is 11.8. The van der Waals surface area contributed by atoms with Crippen LogP contribution >= 0.6 is 0 Å². The molecule has 1 aliphatic rings. The molecule has 1 N–H and O–H groups in total. The van der Waals surface area contributed by atoms with E-state index in [0.29, 0.717) is 0 Å². The predicted molar refractivity (Wildman–Crippen MR) is 80.5 cm³/mol. The van der Waals surface area contributed by atoms with Gasteiger partial charge in [0.25, 0.3) is 11.5 Å². The third-order valence-corrected chi connectivity index (χ3v) is 3.30. The molecule has 8 nitrogen and oxygen atoms in total. The Morgan fingerprint density at radius 1 is 1.13 bits per heavy atom. The summed E-state index contributed by atoms with van der Waals surface area (Å²) >= 11 is 0. The van der Waals surface area contributed by atoms with Crippen LogP contribution in [0.15, 0.2) is 23.9 Å². The second-order valence-electron chi connectivity index (χ2n) is 5.59. The zero-order chi connectivity index (χ0) is 17.4. The van der Waals surface area contributed by atoms with Crippen molar-refractivity contribution in [1.82, 2.24) is 0 Å². The van der Waals surface area contributed by atoms with E-state index in [1.165, 1.54) is 19.9 Å². The summed E-state index contributed by atoms with van der Waals surface area (Å²) in [7, 11) is 0. The minimum absolute atomic E-state index is 0.163. The van der Waals surface area contributed by atoms with Gasteiger partial charge in [-0.25, -0.2) is 9.59 Å². The van der Waals surface area contributed by atoms with Crippen LogP contribution in [0.2, 0.25) is 0 Å². The molecule has 0 aliphatic carbocycles. The normalized spacial score (nSPS) is 16.4. The molecule has 23 heavy (non-hydrogen) atoms. The third-order valence-electron chi connectivity index (χ3n) is 3.30. The summed E-state index contributed by atoms with van der Waals surface area (Å²) in [5.41, 5.74) is 1.22. The monoisotopic (exact) mass is 320 g/mol. The summed E-state index contributed by atoms with van der Waals surface area (Å²) in [5.74, 6) is -3.05. The fourth-order valence-electron chi connectivity index (χ4n) is 2.00. The first-order valence-electron chi connectivity index (χ1n) is 6.80. The first-order valence-corrected chi connectivity index (χ1v) is 6.80. The van der Waals surface area contributed by atoms with E-state index in [1.54, 1.807) is 19.9 Å². The Morgan fingerprint density at radius 3 is 2.17 bits per heavy atom. The van der Waals surface area contributed by atoms with Crippen LogP contribution in [-0.4, -0.2) is 22.6 Å². The number of aryl methyl sites for hydroxylation is 2. The van der Waals surface area contributed by atoms with Gasteiger partial charge < -0.3 is 14.8 Å². The number of nitrogens with zero attached hydrogens (tertiary/aromatic N) is 1. The number of hydrogen-bond acceptors (Lipinski definition) is 7. The van der Waals surface area contributed by atoms with Gasteiger partial charge in [-0.2, -0.15) is 0 Å². The molecule has 1 saturated heterocycles. The number of carbonyl (C=O) groups is 2. The van der Waals surface area contributed by atoms with Crippen LogP contribution in [0.5, 0.6) is 0 Å². The van der Waals surface area contributed by atoms with Gasteiger partial charge in [-0.15, -0.1) is 0 Å². The number of esters is 2. The zero-order valence-corrected chi connectivity index (χ0v) is 13.1. The number of ether oxygens (including phenoxy) is 2. The fraction of sp³-hybridized carbons (Fsp3) is 0.333. The van der Waals surface area contributed by atoms with E-state index < -0.39 is 22.6 Å². The minimum atomic E-state index is -1.34. The number of benzene rings is 1. The van der Waals surface area contributed by atoms with Gasteiger partial charge >= 0.3 is 11.9 Å². The Morgan fingerprint density at radius 2 is 1.65 bits per heavy atom. The van der Waals surface area contributed by atoms with Crippen molar-refractivity contribution in [3.8, 4) is 0 Å². The van der Waals surface area contributed by atoms with Crippen LogP contribution in [-0.2, 0) is 19.1 Å². The van der Waals surface area contributed by atoms with Crippen LogP contribution in [0.1, 0.15) is 25.0 Å². The minimum Gasteiger partial charge on any atom is -0.419 e. The Bertz CT molecular complexity index is 714. The topological polar surface area (TPSA) is 108 Å². The summed E-state index contributed by atoms with van der Waals surface area (Å²) < 4.78 is 9.88. The van der Waals surface area contributed by atoms with Gasteiger partial charge in [0.1, 0.15) is 5.69 Å². The van der Waals surface area contributed by atoms with E-state index >= 15 is 0 Å². The summed E-state index contributed by atoms with van der Waals surface area (Å²) in [5, 5.41) is 13.7. The first kappa shape index (κ1) is 16.5. The van der Waals surface area contributed by atoms with Crippen LogP contribution < -0.4 is 5.32 Å². The molecule has 0 radical (unpaired) electrons. The molecule has 1 aliphatic heterocycles. The van der Waals surface area contributed by atoms with Crippen molar-refractivity contribution in [2.45, 2.75) is 33.5 Å². The number of anilines is 1. The van der Waals surface area contributed by atoms with Crippen molar-refractivity contribution in [2.75, 3.05) is 5.32 Å². The van der Waals surface area contributed by atoms with Crippen molar-refractivity contribution in [2.24, 2.45) is 0 Å². The van der Waals surface area contributed by atoms with Gasteiger partial charge in [0, 0.05) is 26.1 Å². The fourth-order valence-corrected chi connectivity index (χ4v) is 2.00. The molecule has 0 aromatic heterocycles. The number of nitro groups is 1. The molecular weight excluding hydrogens is 304 g/mol. The van der Waals surface area contributed by atoms with Crippen LogP contribution in [0, 0.1) is 24.0 Å². The molecule has 0 bridgehead atoms. The first-order chi connectivity index (χ1) is 10.6.